The van der Waals surface area contributed by atoms with Gasteiger partial charge in [-0.3, -0.25) is 14.4 Å². The Kier molecular flexibility index (Phi) is 8.06. The number of carbonyl (C=O) groups is 3. The SMILES string of the molecule is Cc1nc(C(=O)N2CCC(NS(=O)(=O)c3cn(C)cn3)CC2C(=O)NC(Cc2cccs2)C(N)=O)cs1. The molecule has 3 aromatic heterocycles. The number of nitrogens with two attached hydrogens (primary N) is 1. The van der Waals surface area contributed by atoms with E-state index in [2.05, 4.69) is 20.0 Å². The lowest BCUT2D eigenvalue weighted by Gasteiger charge is -2.38. The fraction of sp³-hybridized carbons (Fsp3) is 0.409. The molecule has 1 saturated heterocycles. The van der Waals surface area contributed by atoms with Gasteiger partial charge in [0.25, 0.3) is 15.9 Å². The number of aromatic nitrogens is 3. The second kappa shape index (κ2) is 11.1. The first-order valence-corrected chi connectivity index (χ1v) is 14.6. The molecule has 3 aromatic rings. The molecule has 1 fully saturated rings. The Morgan fingerprint density at radius 3 is 2.68 bits per heavy atom. The third-order valence-electron chi connectivity index (χ3n) is 5.93. The summed E-state index contributed by atoms with van der Waals surface area (Å²) in [5.41, 5.74) is 5.76. The summed E-state index contributed by atoms with van der Waals surface area (Å²) >= 11 is 2.74. The molecule has 1 aliphatic rings. The van der Waals surface area contributed by atoms with E-state index in [1.807, 2.05) is 17.5 Å². The van der Waals surface area contributed by atoms with Crippen LogP contribution in [0.3, 0.4) is 0 Å². The highest BCUT2D eigenvalue weighted by Gasteiger charge is 2.40. The van der Waals surface area contributed by atoms with E-state index >= 15 is 0 Å². The number of imidazole rings is 1. The summed E-state index contributed by atoms with van der Waals surface area (Å²) in [6.07, 6.45) is 3.23. The standard InChI is InChI=1S/C22H27N7O5S3/c1-13-25-17(11-36-13)22(32)29-6-5-14(27-37(33,34)19-10-28(2)12-24-19)8-18(29)21(31)26-16(20(23)30)9-15-4-3-7-35-15/h3-4,7,10-12,14,16,18,27H,5-6,8-9H2,1-2H3,(H2,23,30)(H,26,31). The largest absolute Gasteiger partial charge is 0.368 e. The molecule has 0 spiro atoms. The molecule has 4 N–H and O–H groups in total. The fourth-order valence-corrected chi connectivity index (χ4v) is 6.70. The van der Waals surface area contributed by atoms with E-state index in [9.17, 15) is 22.8 Å². The number of amides is 3. The average Bonchev–Trinajstić information content (AvgIpc) is 3.60. The quantitative estimate of drug-likeness (QED) is 0.337. The monoisotopic (exact) mass is 565 g/mol. The third kappa shape index (κ3) is 6.41. The molecule has 3 atom stereocenters. The van der Waals surface area contributed by atoms with Gasteiger partial charge in [0.2, 0.25) is 11.8 Å². The number of sulfonamides is 1. The highest BCUT2D eigenvalue weighted by atomic mass is 32.2. The first kappa shape index (κ1) is 26.9. The van der Waals surface area contributed by atoms with Crippen LogP contribution in [0.15, 0.2) is 40.4 Å². The summed E-state index contributed by atoms with van der Waals surface area (Å²) in [4.78, 5) is 49.2. The minimum absolute atomic E-state index is 0.00274. The molecule has 0 radical (unpaired) electrons. The number of likely N-dealkylation sites (tertiary alicyclic amines) is 1. The molecule has 12 nitrogen and oxygen atoms in total. The van der Waals surface area contributed by atoms with Crippen molar-refractivity contribution >= 4 is 50.4 Å². The van der Waals surface area contributed by atoms with E-state index in [-0.39, 0.29) is 36.5 Å². The van der Waals surface area contributed by atoms with Crippen molar-refractivity contribution in [2.75, 3.05) is 6.54 Å². The van der Waals surface area contributed by atoms with Gasteiger partial charge in [-0.25, -0.2) is 23.1 Å². The lowest BCUT2D eigenvalue weighted by molar-refractivity contribution is -0.131. The van der Waals surface area contributed by atoms with E-state index in [4.69, 9.17) is 5.73 Å². The minimum atomic E-state index is -3.95. The first-order valence-electron chi connectivity index (χ1n) is 11.4. The first-order chi connectivity index (χ1) is 17.5. The predicted molar refractivity (Wildman–Crippen MR) is 137 cm³/mol. The molecule has 37 heavy (non-hydrogen) atoms. The summed E-state index contributed by atoms with van der Waals surface area (Å²) in [5, 5.41) is 6.70. The number of rotatable bonds is 9. The summed E-state index contributed by atoms with van der Waals surface area (Å²) in [6, 6.07) is 0.972. The van der Waals surface area contributed by atoms with Gasteiger partial charge in [-0.1, -0.05) is 6.07 Å². The number of hydrogen-bond acceptors (Lipinski definition) is 9. The van der Waals surface area contributed by atoms with E-state index in [0.29, 0.717) is 5.01 Å². The Bertz CT molecular complexity index is 1380. The van der Waals surface area contributed by atoms with Crippen LogP contribution in [0.2, 0.25) is 0 Å². The predicted octanol–water partition coefficient (Wildman–Crippen LogP) is 0.411. The zero-order chi connectivity index (χ0) is 26.7. The zero-order valence-corrected chi connectivity index (χ0v) is 22.6. The summed E-state index contributed by atoms with van der Waals surface area (Å²) in [5.74, 6) is -1.75. The molecule has 0 aliphatic carbocycles. The van der Waals surface area contributed by atoms with Gasteiger partial charge in [0, 0.05) is 42.5 Å². The van der Waals surface area contributed by atoms with Gasteiger partial charge in [-0.05, 0) is 31.2 Å². The summed E-state index contributed by atoms with van der Waals surface area (Å²) in [6.45, 7) is 1.88. The number of thiazole rings is 1. The molecule has 0 aromatic carbocycles. The minimum Gasteiger partial charge on any atom is -0.368 e. The molecular weight excluding hydrogens is 538 g/mol. The van der Waals surface area contributed by atoms with Crippen molar-refractivity contribution in [3.8, 4) is 0 Å². The maximum absolute atomic E-state index is 13.5. The smallest absolute Gasteiger partial charge is 0.274 e. The molecule has 15 heteroatoms. The van der Waals surface area contributed by atoms with E-state index < -0.39 is 45.9 Å². The topological polar surface area (TPSA) is 169 Å². The summed E-state index contributed by atoms with van der Waals surface area (Å²) < 4.78 is 29.8. The Labute approximate surface area is 222 Å². The van der Waals surface area contributed by atoms with Crippen LogP contribution in [-0.2, 0) is 33.1 Å². The number of aryl methyl sites for hydroxylation is 2. The Morgan fingerprint density at radius 2 is 2.08 bits per heavy atom. The second-order valence-electron chi connectivity index (χ2n) is 8.73. The number of carbonyl (C=O) groups excluding carboxylic acids is 3. The highest BCUT2D eigenvalue weighted by Crippen LogP contribution is 2.23. The number of primary amides is 1. The van der Waals surface area contributed by atoms with E-state index in [1.165, 1.54) is 44.7 Å². The van der Waals surface area contributed by atoms with E-state index in [1.54, 1.807) is 19.4 Å². The van der Waals surface area contributed by atoms with Crippen LogP contribution in [0.25, 0.3) is 0 Å². The molecular formula is C22H27N7O5S3. The normalized spacial score (nSPS) is 18.9. The Hall–Kier alpha value is -3.14. The lowest BCUT2D eigenvalue weighted by atomic mass is 9.96. The van der Waals surface area contributed by atoms with Gasteiger partial charge in [0.1, 0.15) is 17.8 Å². The van der Waals surface area contributed by atoms with Crippen molar-refractivity contribution < 1.29 is 22.8 Å². The number of nitrogens with zero attached hydrogens (tertiary/aromatic N) is 4. The van der Waals surface area contributed by atoms with Crippen LogP contribution in [0, 0.1) is 6.92 Å². The number of thiophene rings is 1. The van der Waals surface area contributed by atoms with Gasteiger partial charge in [-0.15, -0.1) is 22.7 Å². The van der Waals surface area contributed by atoms with Crippen LogP contribution >= 0.6 is 22.7 Å². The molecule has 0 saturated carbocycles. The van der Waals surface area contributed by atoms with Crippen LogP contribution in [0.4, 0.5) is 0 Å². The Balaban J connectivity index is 1.55. The maximum atomic E-state index is 13.5. The molecule has 0 bridgehead atoms. The average molecular weight is 566 g/mol. The van der Waals surface area contributed by atoms with Crippen molar-refractivity contribution in [2.24, 2.45) is 12.8 Å². The molecule has 4 rings (SSSR count). The van der Waals surface area contributed by atoms with Gasteiger partial charge < -0.3 is 20.5 Å². The molecule has 1 aliphatic heterocycles. The molecule has 3 amide bonds. The molecule has 4 heterocycles. The van der Waals surface area contributed by atoms with Crippen molar-refractivity contribution in [1.82, 2.24) is 29.5 Å². The lowest BCUT2D eigenvalue weighted by Crippen LogP contribution is -2.59. The van der Waals surface area contributed by atoms with Gasteiger partial charge >= 0.3 is 0 Å². The summed E-state index contributed by atoms with van der Waals surface area (Å²) in [7, 11) is -2.29. The van der Waals surface area contributed by atoms with Gasteiger partial charge in [0.15, 0.2) is 5.03 Å². The van der Waals surface area contributed by atoms with Crippen molar-refractivity contribution in [3.05, 3.63) is 51.0 Å². The second-order valence-corrected chi connectivity index (χ2v) is 12.5. The van der Waals surface area contributed by atoms with Crippen molar-refractivity contribution in [3.63, 3.8) is 0 Å². The van der Waals surface area contributed by atoms with Gasteiger partial charge in [0.05, 0.1) is 11.3 Å². The highest BCUT2D eigenvalue weighted by molar-refractivity contribution is 7.89. The van der Waals surface area contributed by atoms with Crippen molar-refractivity contribution in [2.45, 2.75) is 49.3 Å². The number of nitrogens with one attached hydrogen (secondary N) is 2. The molecule has 198 valence electrons. The number of hydrogen-bond donors (Lipinski definition) is 3. The van der Waals surface area contributed by atoms with E-state index in [0.717, 1.165) is 4.88 Å². The Morgan fingerprint density at radius 1 is 1.30 bits per heavy atom. The van der Waals surface area contributed by atoms with Gasteiger partial charge in [-0.2, -0.15) is 0 Å². The maximum Gasteiger partial charge on any atom is 0.274 e. The van der Waals surface area contributed by atoms with Crippen LogP contribution in [0.5, 0.6) is 0 Å². The van der Waals surface area contributed by atoms with Crippen LogP contribution in [-0.4, -0.2) is 70.2 Å². The van der Waals surface area contributed by atoms with Crippen LogP contribution < -0.4 is 15.8 Å². The fourth-order valence-electron chi connectivity index (χ4n) is 4.10. The molecule has 3 unspecified atom stereocenters. The zero-order valence-electron chi connectivity index (χ0n) is 20.2. The number of piperidine rings is 1. The van der Waals surface area contributed by atoms with Crippen molar-refractivity contribution in [1.29, 1.82) is 0 Å². The third-order valence-corrected chi connectivity index (χ3v) is 9.01. The van der Waals surface area contributed by atoms with Crippen LogP contribution in [0.1, 0.15) is 33.2 Å².